The number of carbonyl (C=O) groups is 1. The molecular formula is C24H30N2O. The largest absolute Gasteiger partial charge is 0.342 e. The number of carbonyl (C=O) groups excluding carboxylic acids is 1. The van der Waals surface area contributed by atoms with Gasteiger partial charge in [-0.2, -0.15) is 0 Å². The molecule has 0 bridgehead atoms. The number of pyridine rings is 1. The first-order chi connectivity index (χ1) is 13.2. The molecule has 0 N–H and O–H groups in total. The summed E-state index contributed by atoms with van der Waals surface area (Å²) in [7, 11) is 0. The Morgan fingerprint density at radius 3 is 2.59 bits per heavy atom. The second-order valence-corrected chi connectivity index (χ2v) is 8.31. The van der Waals surface area contributed by atoms with Gasteiger partial charge >= 0.3 is 0 Å². The van der Waals surface area contributed by atoms with Gasteiger partial charge in [-0.1, -0.05) is 49.6 Å². The highest BCUT2D eigenvalue weighted by molar-refractivity contribution is 5.79. The van der Waals surface area contributed by atoms with E-state index in [2.05, 4.69) is 54.3 Å². The number of amides is 1. The van der Waals surface area contributed by atoms with Crippen LogP contribution in [0.5, 0.6) is 0 Å². The molecule has 1 atom stereocenters. The van der Waals surface area contributed by atoms with Gasteiger partial charge in [-0.25, -0.2) is 0 Å². The van der Waals surface area contributed by atoms with E-state index in [1.54, 1.807) is 0 Å². The lowest BCUT2D eigenvalue weighted by Gasteiger charge is -2.26. The van der Waals surface area contributed by atoms with Gasteiger partial charge in [0.1, 0.15) is 0 Å². The summed E-state index contributed by atoms with van der Waals surface area (Å²) in [5.41, 5.74) is 4.89. The van der Waals surface area contributed by atoms with Crippen LogP contribution in [0.1, 0.15) is 67.0 Å². The fourth-order valence-corrected chi connectivity index (χ4v) is 4.72. The number of hydrogen-bond acceptors (Lipinski definition) is 2. The van der Waals surface area contributed by atoms with E-state index in [9.17, 15) is 4.79 Å². The molecule has 2 fully saturated rings. The van der Waals surface area contributed by atoms with Crippen molar-refractivity contribution in [2.45, 2.75) is 57.8 Å². The van der Waals surface area contributed by atoms with Crippen LogP contribution in [-0.4, -0.2) is 28.9 Å². The number of nitrogens with zero attached hydrogens (tertiary/aromatic N) is 2. The number of aryl methyl sites for hydroxylation is 1. The third kappa shape index (κ3) is 4.40. The van der Waals surface area contributed by atoms with Crippen LogP contribution in [0, 0.1) is 12.8 Å². The maximum Gasteiger partial charge on any atom is 0.225 e. The number of aromatic nitrogens is 1. The van der Waals surface area contributed by atoms with Crippen LogP contribution in [0.25, 0.3) is 0 Å². The van der Waals surface area contributed by atoms with E-state index in [0.29, 0.717) is 11.8 Å². The topological polar surface area (TPSA) is 33.2 Å². The van der Waals surface area contributed by atoms with Crippen LogP contribution < -0.4 is 0 Å². The fraction of sp³-hybridized carbons (Fsp3) is 0.500. The molecule has 0 radical (unpaired) electrons. The fourth-order valence-electron chi connectivity index (χ4n) is 4.72. The highest BCUT2D eigenvalue weighted by Gasteiger charge is 2.32. The average Bonchev–Trinajstić information content (AvgIpc) is 3.19. The van der Waals surface area contributed by atoms with E-state index >= 15 is 0 Å². The molecule has 1 aromatic heterocycles. The predicted molar refractivity (Wildman–Crippen MR) is 109 cm³/mol. The first kappa shape index (κ1) is 18.2. The molecule has 4 rings (SSSR count). The van der Waals surface area contributed by atoms with Crippen LogP contribution in [0.3, 0.4) is 0 Å². The monoisotopic (exact) mass is 362 g/mol. The van der Waals surface area contributed by atoms with Crippen molar-refractivity contribution in [2.24, 2.45) is 5.92 Å². The lowest BCUT2D eigenvalue weighted by molar-refractivity contribution is -0.135. The smallest absolute Gasteiger partial charge is 0.225 e. The van der Waals surface area contributed by atoms with Crippen molar-refractivity contribution in [2.75, 3.05) is 13.1 Å². The Morgan fingerprint density at radius 2 is 1.81 bits per heavy atom. The molecule has 2 aromatic rings. The molecule has 3 heteroatoms. The Bertz CT molecular complexity index is 780. The van der Waals surface area contributed by atoms with Crippen molar-refractivity contribution in [1.82, 2.24) is 9.88 Å². The highest BCUT2D eigenvalue weighted by atomic mass is 16.2. The van der Waals surface area contributed by atoms with Crippen molar-refractivity contribution in [3.05, 3.63) is 65.0 Å². The van der Waals surface area contributed by atoms with E-state index in [1.165, 1.54) is 36.1 Å². The molecular weight excluding hydrogens is 332 g/mol. The zero-order valence-corrected chi connectivity index (χ0v) is 16.4. The van der Waals surface area contributed by atoms with Gasteiger partial charge < -0.3 is 4.90 Å². The summed E-state index contributed by atoms with van der Waals surface area (Å²) in [4.78, 5) is 19.8. The van der Waals surface area contributed by atoms with E-state index in [0.717, 1.165) is 44.5 Å². The molecule has 3 nitrogen and oxygen atoms in total. The van der Waals surface area contributed by atoms with Gasteiger partial charge in [-0.05, 0) is 55.9 Å². The van der Waals surface area contributed by atoms with Crippen LogP contribution in [-0.2, 0) is 11.2 Å². The summed E-state index contributed by atoms with van der Waals surface area (Å²) in [6.45, 7) is 3.82. The molecule has 1 saturated carbocycles. The van der Waals surface area contributed by atoms with Crippen LogP contribution in [0.2, 0.25) is 0 Å². The number of rotatable bonds is 4. The normalized spacial score (nSPS) is 20.8. The molecule has 1 unspecified atom stereocenters. The molecule has 27 heavy (non-hydrogen) atoms. The maximum atomic E-state index is 12.9. The minimum atomic E-state index is 0.275. The lowest BCUT2D eigenvalue weighted by atomic mass is 9.88. The first-order valence-corrected chi connectivity index (χ1v) is 10.5. The summed E-state index contributed by atoms with van der Waals surface area (Å²) >= 11 is 0. The van der Waals surface area contributed by atoms with Gasteiger partial charge in [-0.15, -0.1) is 0 Å². The number of benzene rings is 1. The molecule has 2 aliphatic rings. The predicted octanol–water partition coefficient (Wildman–Crippen LogP) is 4.88. The lowest BCUT2D eigenvalue weighted by Crippen LogP contribution is -2.35. The Kier molecular flexibility index (Phi) is 5.56. The third-order valence-electron chi connectivity index (χ3n) is 6.16. The standard InChI is InChI=1S/C24H30N2O/c1-18-14-20(15-19-8-4-2-5-9-19)16-23(25-18)22-12-13-26(17-22)24(27)21-10-6-3-7-11-21/h2,4-5,8-9,14,16,21-22H,3,6-7,10-13,15,17H2,1H3. The molecule has 1 amide bonds. The molecule has 1 aromatic carbocycles. The summed E-state index contributed by atoms with van der Waals surface area (Å²) in [5.74, 6) is 1.05. The van der Waals surface area contributed by atoms with Gasteiger partial charge in [0.25, 0.3) is 0 Å². The second kappa shape index (κ2) is 8.24. The summed E-state index contributed by atoms with van der Waals surface area (Å²) in [5, 5.41) is 0. The van der Waals surface area contributed by atoms with Gasteiger partial charge in [0.05, 0.1) is 0 Å². The Morgan fingerprint density at radius 1 is 1.04 bits per heavy atom. The highest BCUT2D eigenvalue weighted by Crippen LogP contribution is 2.31. The summed E-state index contributed by atoms with van der Waals surface area (Å²) in [6.07, 6.45) is 7.89. The van der Waals surface area contributed by atoms with E-state index in [4.69, 9.17) is 4.98 Å². The summed E-state index contributed by atoms with van der Waals surface area (Å²) in [6, 6.07) is 15.1. The van der Waals surface area contributed by atoms with Crippen LogP contribution in [0.4, 0.5) is 0 Å². The molecule has 1 aliphatic heterocycles. The van der Waals surface area contributed by atoms with E-state index < -0.39 is 0 Å². The van der Waals surface area contributed by atoms with Crippen molar-refractivity contribution in [3.8, 4) is 0 Å². The van der Waals surface area contributed by atoms with Gasteiger partial charge in [0.2, 0.25) is 5.91 Å². The number of hydrogen-bond donors (Lipinski definition) is 0. The average molecular weight is 363 g/mol. The molecule has 1 saturated heterocycles. The Hall–Kier alpha value is -2.16. The van der Waals surface area contributed by atoms with E-state index in [-0.39, 0.29) is 5.92 Å². The van der Waals surface area contributed by atoms with Crippen LogP contribution in [0.15, 0.2) is 42.5 Å². The molecule has 1 aliphatic carbocycles. The van der Waals surface area contributed by atoms with Gasteiger partial charge in [-0.3, -0.25) is 9.78 Å². The van der Waals surface area contributed by atoms with Gasteiger partial charge in [0, 0.05) is 36.3 Å². The Balaban J connectivity index is 1.45. The second-order valence-electron chi connectivity index (χ2n) is 8.31. The zero-order valence-electron chi connectivity index (χ0n) is 16.4. The first-order valence-electron chi connectivity index (χ1n) is 10.5. The third-order valence-corrected chi connectivity index (χ3v) is 6.16. The summed E-state index contributed by atoms with van der Waals surface area (Å²) < 4.78 is 0. The SMILES string of the molecule is Cc1cc(Cc2ccccc2)cc(C2CCN(C(=O)C3CCCCC3)C2)n1. The van der Waals surface area contributed by atoms with Crippen LogP contribution >= 0.6 is 0 Å². The minimum absolute atomic E-state index is 0.275. The molecule has 2 heterocycles. The number of likely N-dealkylation sites (tertiary alicyclic amines) is 1. The Labute approximate surface area is 162 Å². The van der Waals surface area contributed by atoms with Crippen molar-refractivity contribution in [3.63, 3.8) is 0 Å². The minimum Gasteiger partial charge on any atom is -0.342 e. The zero-order chi connectivity index (χ0) is 18.6. The molecule has 0 spiro atoms. The van der Waals surface area contributed by atoms with Crippen molar-refractivity contribution >= 4 is 5.91 Å². The maximum absolute atomic E-state index is 12.9. The quantitative estimate of drug-likeness (QED) is 0.777. The molecule has 142 valence electrons. The van der Waals surface area contributed by atoms with Gasteiger partial charge in [0.15, 0.2) is 0 Å². The van der Waals surface area contributed by atoms with Crippen molar-refractivity contribution in [1.29, 1.82) is 0 Å². The van der Waals surface area contributed by atoms with E-state index in [1.807, 2.05) is 0 Å². The van der Waals surface area contributed by atoms with Crippen molar-refractivity contribution < 1.29 is 4.79 Å².